The molecule has 1 aliphatic carbocycles. The highest BCUT2D eigenvalue weighted by Crippen LogP contribution is 2.27. The number of benzene rings is 1. The van der Waals surface area contributed by atoms with E-state index in [1.165, 1.54) is 0 Å². The quantitative estimate of drug-likeness (QED) is 0.200. The Morgan fingerprint density at radius 2 is 2.07 bits per heavy atom. The molecule has 0 aromatic heterocycles. The van der Waals surface area contributed by atoms with Crippen molar-refractivity contribution in [1.29, 1.82) is 0 Å². The fourth-order valence-electron chi connectivity index (χ4n) is 3.59. The van der Waals surface area contributed by atoms with E-state index in [4.69, 9.17) is 0 Å². The van der Waals surface area contributed by atoms with Crippen molar-refractivity contribution in [2.75, 3.05) is 31.5 Å². The molecule has 0 unspecified atom stereocenters. The van der Waals surface area contributed by atoms with E-state index >= 15 is 0 Å². The third kappa shape index (κ3) is 7.45. The number of aliphatic imine (C=N–C) groups is 1. The second kappa shape index (κ2) is 12.8. The van der Waals surface area contributed by atoms with Crippen LogP contribution in [-0.4, -0.2) is 48.9 Å². The number of nitrogens with one attached hydrogen (secondary N) is 3. The van der Waals surface area contributed by atoms with Crippen molar-refractivity contribution < 1.29 is 9.59 Å². The van der Waals surface area contributed by atoms with Gasteiger partial charge >= 0.3 is 0 Å². The largest absolute Gasteiger partial charge is 0.357 e. The van der Waals surface area contributed by atoms with Gasteiger partial charge in [-0.25, -0.2) is 4.99 Å². The monoisotopic (exact) mass is 527 g/mol. The van der Waals surface area contributed by atoms with Crippen LogP contribution in [0, 0.1) is 5.92 Å². The first-order valence-corrected chi connectivity index (χ1v) is 10.9. The fourth-order valence-corrected chi connectivity index (χ4v) is 3.59. The summed E-state index contributed by atoms with van der Waals surface area (Å²) in [4.78, 5) is 30.4. The summed E-state index contributed by atoms with van der Waals surface area (Å²) in [7, 11) is 0. The first-order valence-electron chi connectivity index (χ1n) is 10.9. The number of likely N-dealkylation sites (tertiary alicyclic amines) is 1. The van der Waals surface area contributed by atoms with Gasteiger partial charge in [0, 0.05) is 44.2 Å². The molecule has 0 radical (unpaired) electrons. The maximum Gasteiger partial charge on any atom is 0.227 e. The third-order valence-corrected chi connectivity index (χ3v) is 5.50. The van der Waals surface area contributed by atoms with Crippen LogP contribution in [0.15, 0.2) is 29.3 Å². The maximum absolute atomic E-state index is 12.1. The second-order valence-corrected chi connectivity index (χ2v) is 7.78. The topological polar surface area (TPSA) is 85.8 Å². The molecule has 2 fully saturated rings. The number of anilines is 1. The molecule has 3 rings (SSSR count). The molecular formula is C22H34IN5O2. The van der Waals surface area contributed by atoms with Gasteiger partial charge < -0.3 is 20.9 Å². The van der Waals surface area contributed by atoms with E-state index < -0.39 is 0 Å². The third-order valence-electron chi connectivity index (χ3n) is 5.50. The Kier molecular flexibility index (Phi) is 10.4. The van der Waals surface area contributed by atoms with E-state index in [2.05, 4.69) is 20.9 Å². The Hall–Kier alpha value is -1.84. The molecular weight excluding hydrogens is 493 g/mol. The van der Waals surface area contributed by atoms with Gasteiger partial charge in [-0.2, -0.15) is 0 Å². The van der Waals surface area contributed by atoms with Crippen molar-refractivity contribution in [2.45, 2.75) is 52.0 Å². The molecule has 3 N–H and O–H groups in total. The first-order chi connectivity index (χ1) is 14.2. The summed E-state index contributed by atoms with van der Waals surface area (Å²) in [5.74, 6) is 1.35. The molecule has 8 heteroatoms. The molecule has 1 saturated heterocycles. The number of rotatable bonds is 9. The standard InChI is InChI=1S/C22H33N5O2.HI/c1-2-23-22(24-12-6-14-27-13-5-11-20(27)28)25-16-17-7-3-10-19(15-17)26-21(29)18-8-4-9-18;/h3,7,10,15,18H,2,4-6,8-9,11-14,16H2,1H3,(H,26,29)(H2,23,24,25);1H. The molecule has 1 saturated carbocycles. The number of hydrogen-bond donors (Lipinski definition) is 3. The van der Waals surface area contributed by atoms with E-state index in [-0.39, 0.29) is 41.7 Å². The van der Waals surface area contributed by atoms with Gasteiger partial charge in [0.1, 0.15) is 0 Å². The summed E-state index contributed by atoms with van der Waals surface area (Å²) >= 11 is 0. The number of carbonyl (C=O) groups excluding carboxylic acids is 2. The van der Waals surface area contributed by atoms with E-state index in [1.54, 1.807) is 0 Å². The molecule has 7 nitrogen and oxygen atoms in total. The molecule has 30 heavy (non-hydrogen) atoms. The molecule has 1 aromatic rings. The fraction of sp³-hybridized carbons (Fsp3) is 0.591. The zero-order valence-electron chi connectivity index (χ0n) is 17.8. The Bertz CT molecular complexity index is 736. The minimum atomic E-state index is 0. The van der Waals surface area contributed by atoms with Gasteiger partial charge in [0.25, 0.3) is 0 Å². The number of carbonyl (C=O) groups is 2. The van der Waals surface area contributed by atoms with Gasteiger partial charge in [-0.15, -0.1) is 24.0 Å². The maximum atomic E-state index is 12.1. The lowest BCUT2D eigenvalue weighted by Crippen LogP contribution is -2.39. The first kappa shape index (κ1) is 24.4. The lowest BCUT2D eigenvalue weighted by molar-refractivity contribution is -0.127. The van der Waals surface area contributed by atoms with Crippen LogP contribution in [0.25, 0.3) is 0 Å². The second-order valence-electron chi connectivity index (χ2n) is 7.78. The van der Waals surface area contributed by atoms with Gasteiger partial charge in [0.05, 0.1) is 6.54 Å². The van der Waals surface area contributed by atoms with Crippen molar-refractivity contribution in [1.82, 2.24) is 15.5 Å². The van der Waals surface area contributed by atoms with Crippen molar-refractivity contribution in [3.8, 4) is 0 Å². The van der Waals surface area contributed by atoms with Crippen LogP contribution in [0.4, 0.5) is 5.69 Å². The predicted octanol–water partition coefficient (Wildman–Crippen LogP) is 3.11. The number of guanidine groups is 1. The van der Waals surface area contributed by atoms with Gasteiger partial charge in [0.2, 0.25) is 11.8 Å². The summed E-state index contributed by atoms with van der Waals surface area (Å²) in [6.07, 6.45) is 5.73. The van der Waals surface area contributed by atoms with Crippen LogP contribution >= 0.6 is 24.0 Å². The summed E-state index contributed by atoms with van der Waals surface area (Å²) in [5, 5.41) is 9.61. The van der Waals surface area contributed by atoms with Gasteiger partial charge in [-0.1, -0.05) is 18.6 Å². The molecule has 1 aromatic carbocycles. The average molecular weight is 527 g/mol. The minimum Gasteiger partial charge on any atom is -0.357 e. The molecule has 2 amide bonds. The highest BCUT2D eigenvalue weighted by Gasteiger charge is 2.25. The van der Waals surface area contributed by atoms with E-state index in [1.807, 2.05) is 36.1 Å². The highest BCUT2D eigenvalue weighted by atomic mass is 127. The number of hydrogen-bond acceptors (Lipinski definition) is 3. The SMILES string of the molecule is CCNC(=NCc1cccc(NC(=O)C2CCC2)c1)NCCCN1CCCC1=O.I. The van der Waals surface area contributed by atoms with Gasteiger partial charge in [0.15, 0.2) is 5.96 Å². The van der Waals surface area contributed by atoms with Crippen LogP contribution in [0.3, 0.4) is 0 Å². The summed E-state index contributed by atoms with van der Waals surface area (Å²) in [6.45, 7) is 5.82. The van der Waals surface area contributed by atoms with Crippen LogP contribution in [-0.2, 0) is 16.1 Å². The van der Waals surface area contributed by atoms with E-state index in [9.17, 15) is 9.59 Å². The summed E-state index contributed by atoms with van der Waals surface area (Å²) < 4.78 is 0. The zero-order valence-corrected chi connectivity index (χ0v) is 20.1. The van der Waals surface area contributed by atoms with Crippen molar-refractivity contribution >= 4 is 47.4 Å². The van der Waals surface area contributed by atoms with Crippen molar-refractivity contribution in [3.63, 3.8) is 0 Å². The lowest BCUT2D eigenvalue weighted by atomic mass is 9.85. The van der Waals surface area contributed by atoms with Gasteiger partial charge in [-0.05, 0) is 50.3 Å². The Balaban J connectivity index is 0.00000320. The molecule has 2 aliphatic rings. The van der Waals surface area contributed by atoms with Crippen LogP contribution in [0.1, 0.15) is 51.0 Å². The average Bonchev–Trinajstić information content (AvgIpc) is 3.07. The normalized spacial score (nSPS) is 16.6. The van der Waals surface area contributed by atoms with Crippen molar-refractivity contribution in [2.24, 2.45) is 10.9 Å². The van der Waals surface area contributed by atoms with Crippen LogP contribution in [0.5, 0.6) is 0 Å². The molecule has 0 atom stereocenters. The summed E-state index contributed by atoms with van der Waals surface area (Å²) in [6, 6.07) is 7.88. The lowest BCUT2D eigenvalue weighted by Gasteiger charge is -2.24. The molecule has 0 bridgehead atoms. The van der Waals surface area contributed by atoms with E-state index in [0.29, 0.717) is 13.0 Å². The number of nitrogens with zero attached hydrogens (tertiary/aromatic N) is 2. The number of halogens is 1. The van der Waals surface area contributed by atoms with E-state index in [0.717, 1.165) is 75.5 Å². The van der Waals surface area contributed by atoms with Gasteiger partial charge in [-0.3, -0.25) is 9.59 Å². The van der Waals surface area contributed by atoms with Crippen LogP contribution < -0.4 is 16.0 Å². The molecule has 1 aliphatic heterocycles. The Labute approximate surface area is 196 Å². The van der Waals surface area contributed by atoms with Crippen LogP contribution in [0.2, 0.25) is 0 Å². The molecule has 0 spiro atoms. The Morgan fingerprint density at radius 1 is 1.23 bits per heavy atom. The zero-order chi connectivity index (χ0) is 20.5. The predicted molar refractivity (Wildman–Crippen MR) is 131 cm³/mol. The smallest absolute Gasteiger partial charge is 0.227 e. The number of amides is 2. The molecule has 1 heterocycles. The minimum absolute atomic E-state index is 0. The molecule has 166 valence electrons. The Morgan fingerprint density at radius 3 is 2.73 bits per heavy atom. The summed E-state index contributed by atoms with van der Waals surface area (Å²) in [5.41, 5.74) is 1.89. The van der Waals surface area contributed by atoms with Crippen molar-refractivity contribution in [3.05, 3.63) is 29.8 Å². The highest BCUT2D eigenvalue weighted by molar-refractivity contribution is 14.0.